The van der Waals surface area contributed by atoms with Crippen molar-refractivity contribution in [2.24, 2.45) is 0 Å². The van der Waals surface area contributed by atoms with Crippen molar-refractivity contribution in [3.8, 4) is 0 Å². The number of thiophene rings is 1. The van der Waals surface area contributed by atoms with Crippen LogP contribution in [0, 0.1) is 0 Å². The lowest BCUT2D eigenvalue weighted by Crippen LogP contribution is -2.38. The van der Waals surface area contributed by atoms with Gasteiger partial charge in [0.1, 0.15) is 0 Å². The third-order valence-electron chi connectivity index (χ3n) is 4.23. The topological polar surface area (TPSA) is 75.4 Å². The Balaban J connectivity index is 0.00000225. The van der Waals surface area contributed by atoms with Crippen molar-refractivity contribution >= 4 is 46.9 Å². The van der Waals surface area contributed by atoms with Crippen molar-refractivity contribution in [3.63, 3.8) is 0 Å². The van der Waals surface area contributed by atoms with E-state index in [1.807, 2.05) is 35.7 Å². The van der Waals surface area contributed by atoms with Crippen LogP contribution in [-0.4, -0.2) is 18.4 Å². The molecular formula is C18H22ClN3O2S. The Labute approximate surface area is 157 Å². The number of hydrogen-bond acceptors (Lipinski definition) is 4. The average molecular weight is 380 g/mol. The van der Waals surface area contributed by atoms with E-state index in [0.29, 0.717) is 6.54 Å². The Bertz CT molecular complexity index is 749. The molecule has 2 amide bonds. The van der Waals surface area contributed by atoms with Gasteiger partial charge in [-0.3, -0.25) is 9.59 Å². The summed E-state index contributed by atoms with van der Waals surface area (Å²) in [4.78, 5) is 27.2. The molecule has 134 valence electrons. The fourth-order valence-electron chi connectivity index (χ4n) is 3.15. The van der Waals surface area contributed by atoms with Crippen molar-refractivity contribution < 1.29 is 9.59 Å². The van der Waals surface area contributed by atoms with E-state index in [1.54, 1.807) is 16.2 Å². The monoisotopic (exact) mass is 379 g/mol. The zero-order valence-electron chi connectivity index (χ0n) is 14.0. The van der Waals surface area contributed by atoms with Crippen molar-refractivity contribution in [2.75, 3.05) is 17.2 Å². The van der Waals surface area contributed by atoms with Gasteiger partial charge in [-0.1, -0.05) is 12.1 Å². The van der Waals surface area contributed by atoms with Crippen LogP contribution in [0.4, 0.5) is 11.4 Å². The molecule has 0 bridgehead atoms. The van der Waals surface area contributed by atoms with E-state index in [9.17, 15) is 9.59 Å². The molecule has 3 rings (SSSR count). The van der Waals surface area contributed by atoms with Gasteiger partial charge >= 0.3 is 0 Å². The van der Waals surface area contributed by atoms with Crippen molar-refractivity contribution in [3.05, 3.63) is 46.2 Å². The molecule has 0 saturated heterocycles. The van der Waals surface area contributed by atoms with Gasteiger partial charge in [-0.2, -0.15) is 0 Å². The molecule has 2 heterocycles. The molecule has 0 radical (unpaired) electrons. The fourth-order valence-corrected chi connectivity index (χ4v) is 3.93. The molecule has 1 aromatic heterocycles. The number of amides is 2. The Hall–Kier alpha value is -2.05. The summed E-state index contributed by atoms with van der Waals surface area (Å²) >= 11 is 1.54. The van der Waals surface area contributed by atoms with Gasteiger partial charge in [0.2, 0.25) is 11.8 Å². The number of anilines is 2. The van der Waals surface area contributed by atoms with E-state index < -0.39 is 0 Å². The third kappa shape index (κ3) is 4.32. The second-order valence-electron chi connectivity index (χ2n) is 5.97. The minimum Gasteiger partial charge on any atom is -0.398 e. The molecule has 25 heavy (non-hydrogen) atoms. The highest BCUT2D eigenvalue weighted by molar-refractivity contribution is 7.10. The zero-order chi connectivity index (χ0) is 17.1. The van der Waals surface area contributed by atoms with E-state index in [1.165, 1.54) is 6.92 Å². The van der Waals surface area contributed by atoms with Crippen LogP contribution >= 0.6 is 23.7 Å². The molecule has 0 aliphatic carbocycles. The summed E-state index contributed by atoms with van der Waals surface area (Å²) in [6, 6.07) is 9.28. The molecule has 2 aromatic rings. The number of nitrogen functional groups attached to an aromatic ring is 1. The number of nitrogens with two attached hydrogens (primary N) is 1. The van der Waals surface area contributed by atoms with Crippen LogP contribution in [0.2, 0.25) is 0 Å². The molecule has 1 unspecified atom stereocenters. The molecule has 0 saturated carbocycles. The molecule has 1 aromatic carbocycles. The second-order valence-corrected chi connectivity index (χ2v) is 6.95. The summed E-state index contributed by atoms with van der Waals surface area (Å²) < 4.78 is 0. The predicted molar refractivity (Wildman–Crippen MR) is 104 cm³/mol. The smallest absolute Gasteiger partial charge is 0.229 e. The lowest BCUT2D eigenvalue weighted by atomic mass is 9.99. The molecule has 0 spiro atoms. The maximum atomic E-state index is 12.9. The summed E-state index contributed by atoms with van der Waals surface area (Å²) in [5.41, 5.74) is 8.74. The Morgan fingerprint density at radius 1 is 1.32 bits per heavy atom. The van der Waals surface area contributed by atoms with Crippen LogP contribution in [0.3, 0.4) is 0 Å². The number of benzene rings is 1. The number of fused-ring (bicyclic) bond motifs is 1. The Kier molecular flexibility index (Phi) is 6.45. The van der Waals surface area contributed by atoms with Crippen molar-refractivity contribution in [2.45, 2.75) is 32.2 Å². The Morgan fingerprint density at radius 2 is 2.12 bits per heavy atom. The maximum absolute atomic E-state index is 12.9. The highest BCUT2D eigenvalue weighted by atomic mass is 35.5. The number of carbonyl (C=O) groups excluding carboxylic acids is 2. The van der Waals surface area contributed by atoms with Crippen molar-refractivity contribution in [1.29, 1.82) is 0 Å². The van der Waals surface area contributed by atoms with Gasteiger partial charge in [-0.05, 0) is 42.0 Å². The molecule has 1 atom stereocenters. The number of rotatable bonds is 4. The lowest BCUT2D eigenvalue weighted by Gasteiger charge is -2.31. The predicted octanol–water partition coefficient (Wildman–Crippen LogP) is 3.30. The van der Waals surface area contributed by atoms with E-state index in [2.05, 4.69) is 5.32 Å². The highest BCUT2D eigenvalue weighted by Gasteiger charge is 2.27. The molecule has 3 N–H and O–H groups in total. The molecular weight excluding hydrogens is 358 g/mol. The van der Waals surface area contributed by atoms with Crippen LogP contribution in [0.25, 0.3) is 0 Å². The quantitative estimate of drug-likeness (QED) is 0.800. The average Bonchev–Trinajstić information content (AvgIpc) is 3.08. The molecule has 1 aliphatic rings. The van der Waals surface area contributed by atoms with Gasteiger partial charge in [-0.15, -0.1) is 23.7 Å². The molecule has 1 aliphatic heterocycles. The third-order valence-corrected chi connectivity index (χ3v) is 5.22. The number of carbonyl (C=O) groups is 2. The maximum Gasteiger partial charge on any atom is 0.229 e. The first-order valence-electron chi connectivity index (χ1n) is 8.04. The number of hydrogen-bond donors (Lipinski definition) is 2. The second kappa shape index (κ2) is 8.36. The fraction of sp³-hybridized carbons (Fsp3) is 0.333. The summed E-state index contributed by atoms with van der Waals surface area (Å²) in [5, 5.41) is 4.84. The van der Waals surface area contributed by atoms with Crippen LogP contribution in [0.1, 0.15) is 36.2 Å². The first kappa shape index (κ1) is 19.3. The van der Waals surface area contributed by atoms with Gasteiger partial charge in [0.05, 0.1) is 12.5 Å². The minimum atomic E-state index is -0.290. The lowest BCUT2D eigenvalue weighted by molar-refractivity contribution is -0.121. The summed E-state index contributed by atoms with van der Waals surface area (Å²) in [6.45, 7) is 2.16. The van der Waals surface area contributed by atoms with E-state index >= 15 is 0 Å². The van der Waals surface area contributed by atoms with Gasteiger partial charge in [0, 0.05) is 29.7 Å². The summed E-state index contributed by atoms with van der Waals surface area (Å²) in [6.07, 6.45) is 2.04. The van der Waals surface area contributed by atoms with E-state index in [-0.39, 0.29) is 36.7 Å². The number of nitrogens with one attached hydrogen (secondary N) is 1. The first-order valence-corrected chi connectivity index (χ1v) is 8.92. The number of halogens is 1. The first-order chi connectivity index (χ1) is 11.6. The van der Waals surface area contributed by atoms with Gasteiger partial charge in [-0.25, -0.2) is 0 Å². The van der Waals surface area contributed by atoms with Crippen LogP contribution in [0.15, 0.2) is 35.7 Å². The number of nitrogens with zero attached hydrogens (tertiary/aromatic N) is 1. The summed E-state index contributed by atoms with van der Waals surface area (Å²) in [5.74, 6) is -0.127. The van der Waals surface area contributed by atoms with Gasteiger partial charge in [0.25, 0.3) is 0 Å². The normalized spacial score (nSPS) is 14.2. The summed E-state index contributed by atoms with van der Waals surface area (Å²) in [7, 11) is 0. The standard InChI is InChI=1S/C18H21N3O2S.ClH/c1-12(22)20-15(17-8-4-10-24-17)11-18(23)21-9-3-5-13-14(19)6-2-7-16(13)21;/h2,4,6-8,10,15H,3,5,9,11,19H2,1H3,(H,20,22);1H. The van der Waals surface area contributed by atoms with E-state index in [0.717, 1.165) is 34.7 Å². The van der Waals surface area contributed by atoms with E-state index in [4.69, 9.17) is 5.73 Å². The molecule has 5 nitrogen and oxygen atoms in total. The van der Waals surface area contributed by atoms with Crippen molar-refractivity contribution in [1.82, 2.24) is 5.32 Å². The van der Waals surface area contributed by atoms with Crippen LogP contribution in [-0.2, 0) is 16.0 Å². The SMILES string of the molecule is CC(=O)NC(CC(=O)N1CCCc2c(N)cccc21)c1cccs1.Cl. The van der Waals surface area contributed by atoms with Crippen LogP contribution < -0.4 is 16.0 Å². The molecule has 7 heteroatoms. The highest BCUT2D eigenvalue weighted by Crippen LogP contribution is 2.33. The van der Waals surface area contributed by atoms with Gasteiger partial charge in [0.15, 0.2) is 0 Å². The van der Waals surface area contributed by atoms with Crippen LogP contribution in [0.5, 0.6) is 0 Å². The van der Waals surface area contributed by atoms with Gasteiger partial charge < -0.3 is 16.0 Å². The largest absolute Gasteiger partial charge is 0.398 e. The molecule has 0 fully saturated rings. The minimum absolute atomic E-state index is 0. The Morgan fingerprint density at radius 3 is 2.80 bits per heavy atom. The zero-order valence-corrected chi connectivity index (χ0v) is 15.7.